The maximum atomic E-state index is 12.5. The number of halogens is 1. The molecule has 0 aliphatic carbocycles. The fourth-order valence-corrected chi connectivity index (χ4v) is 3.67. The molecular weight excluding hydrogens is 346 g/mol. The average Bonchev–Trinajstić information content (AvgIpc) is 2.56. The molecule has 0 bridgehead atoms. The summed E-state index contributed by atoms with van der Waals surface area (Å²) in [5.41, 5.74) is 1.14. The molecule has 0 saturated heterocycles. The van der Waals surface area contributed by atoms with Gasteiger partial charge in [0.05, 0.1) is 16.5 Å². The zero-order chi connectivity index (χ0) is 17.7. The third-order valence-electron chi connectivity index (χ3n) is 3.63. The summed E-state index contributed by atoms with van der Waals surface area (Å²) in [6, 6.07) is 15.0. The summed E-state index contributed by atoms with van der Waals surface area (Å²) in [6.07, 6.45) is 0. The molecule has 0 heterocycles. The predicted octanol–water partition coefficient (Wildman–Crippen LogP) is 2.79. The lowest BCUT2D eigenvalue weighted by Gasteiger charge is -2.26. The lowest BCUT2D eigenvalue weighted by molar-refractivity contribution is 0.299. The molecule has 7 heteroatoms. The Morgan fingerprint density at radius 1 is 1.21 bits per heavy atom. The van der Waals surface area contributed by atoms with Crippen LogP contribution in [0.2, 0.25) is 5.02 Å². The quantitative estimate of drug-likeness (QED) is 0.856. The van der Waals surface area contributed by atoms with E-state index in [9.17, 15) is 8.42 Å². The minimum absolute atomic E-state index is 0.0678. The molecule has 0 aliphatic heterocycles. The number of hydrogen-bond acceptors (Lipinski definition) is 4. The van der Waals surface area contributed by atoms with Crippen LogP contribution in [0.15, 0.2) is 53.4 Å². The Balaban J connectivity index is 2.23. The van der Waals surface area contributed by atoms with Gasteiger partial charge in [0.2, 0.25) is 10.0 Å². The second kappa shape index (κ2) is 7.77. The van der Waals surface area contributed by atoms with Crippen molar-refractivity contribution in [3.05, 3.63) is 64.7 Å². The van der Waals surface area contributed by atoms with Gasteiger partial charge in [-0.2, -0.15) is 5.26 Å². The molecule has 0 aliphatic rings. The van der Waals surface area contributed by atoms with E-state index in [1.165, 1.54) is 12.1 Å². The molecule has 1 unspecified atom stereocenters. The molecule has 1 N–H and O–H groups in total. The third kappa shape index (κ3) is 4.34. The molecular formula is C17H18ClN3O2S. The van der Waals surface area contributed by atoms with Gasteiger partial charge >= 0.3 is 0 Å². The van der Waals surface area contributed by atoms with Gasteiger partial charge in [-0.25, -0.2) is 13.1 Å². The first-order chi connectivity index (χ1) is 11.3. The van der Waals surface area contributed by atoms with E-state index in [0.717, 1.165) is 5.56 Å². The van der Waals surface area contributed by atoms with Gasteiger partial charge in [-0.05, 0) is 43.9 Å². The van der Waals surface area contributed by atoms with E-state index in [1.807, 2.05) is 43.3 Å². The number of nitrogens with zero attached hydrogens (tertiary/aromatic N) is 2. The highest BCUT2D eigenvalue weighted by molar-refractivity contribution is 7.89. The third-order valence-corrected chi connectivity index (χ3v) is 5.39. The molecule has 5 nitrogen and oxygen atoms in total. The second-order valence-corrected chi connectivity index (χ2v) is 7.67. The minimum atomic E-state index is -3.71. The number of nitrogens with one attached hydrogen (secondary N) is 1. The average molecular weight is 364 g/mol. The van der Waals surface area contributed by atoms with Gasteiger partial charge in [-0.15, -0.1) is 0 Å². The van der Waals surface area contributed by atoms with Gasteiger partial charge < -0.3 is 4.90 Å². The van der Waals surface area contributed by atoms with Crippen molar-refractivity contribution in [3.63, 3.8) is 0 Å². The van der Waals surface area contributed by atoms with Crippen molar-refractivity contribution >= 4 is 21.6 Å². The Bertz CT molecular complexity index is 860. The van der Waals surface area contributed by atoms with E-state index < -0.39 is 10.0 Å². The van der Waals surface area contributed by atoms with Gasteiger partial charge in [0.15, 0.2) is 0 Å². The van der Waals surface area contributed by atoms with Crippen molar-refractivity contribution in [3.8, 4) is 6.07 Å². The van der Waals surface area contributed by atoms with Crippen LogP contribution in [-0.4, -0.2) is 34.0 Å². The topological polar surface area (TPSA) is 73.2 Å². The molecule has 0 amide bonds. The van der Waals surface area contributed by atoms with Gasteiger partial charge in [-0.3, -0.25) is 0 Å². The monoisotopic (exact) mass is 363 g/mol. The highest BCUT2D eigenvalue weighted by Gasteiger charge is 2.21. The highest BCUT2D eigenvalue weighted by Crippen LogP contribution is 2.26. The summed E-state index contributed by atoms with van der Waals surface area (Å²) in [5.74, 6) is 0. The zero-order valence-electron chi connectivity index (χ0n) is 13.4. The Morgan fingerprint density at radius 2 is 1.92 bits per heavy atom. The predicted molar refractivity (Wildman–Crippen MR) is 94.2 cm³/mol. The van der Waals surface area contributed by atoms with E-state index in [0.29, 0.717) is 10.6 Å². The maximum absolute atomic E-state index is 12.5. The van der Waals surface area contributed by atoms with E-state index >= 15 is 0 Å². The van der Waals surface area contributed by atoms with Crippen LogP contribution in [0.25, 0.3) is 0 Å². The van der Waals surface area contributed by atoms with Crippen LogP contribution >= 0.6 is 11.6 Å². The summed E-state index contributed by atoms with van der Waals surface area (Å²) in [4.78, 5) is 1.97. The molecule has 2 rings (SSSR count). The molecule has 0 fully saturated rings. The molecule has 0 saturated carbocycles. The molecule has 0 aromatic heterocycles. The Hall–Kier alpha value is -1.91. The number of nitriles is 1. The summed E-state index contributed by atoms with van der Waals surface area (Å²) in [5, 5.41) is 9.50. The molecule has 2 aromatic rings. The first kappa shape index (κ1) is 18.4. The highest BCUT2D eigenvalue weighted by atomic mass is 35.5. The number of sulfonamides is 1. The van der Waals surface area contributed by atoms with Crippen molar-refractivity contribution in [2.45, 2.75) is 10.9 Å². The molecule has 0 spiro atoms. The summed E-state index contributed by atoms with van der Waals surface area (Å²) >= 11 is 6.23. The van der Waals surface area contributed by atoms with Gasteiger partial charge in [-0.1, -0.05) is 35.9 Å². The maximum Gasteiger partial charge on any atom is 0.240 e. The summed E-state index contributed by atoms with van der Waals surface area (Å²) in [6.45, 7) is 0.163. The first-order valence-corrected chi connectivity index (χ1v) is 9.12. The largest absolute Gasteiger partial charge is 0.301 e. The Kier molecular flexibility index (Phi) is 5.97. The Labute approximate surface area is 147 Å². The molecule has 2 aromatic carbocycles. The number of rotatable bonds is 6. The van der Waals surface area contributed by atoms with Crippen LogP contribution in [0.1, 0.15) is 17.2 Å². The van der Waals surface area contributed by atoms with Crippen LogP contribution in [0.3, 0.4) is 0 Å². The van der Waals surface area contributed by atoms with Gasteiger partial charge in [0.1, 0.15) is 0 Å². The second-order valence-electron chi connectivity index (χ2n) is 5.49. The van der Waals surface area contributed by atoms with Crippen molar-refractivity contribution in [2.24, 2.45) is 0 Å². The zero-order valence-corrected chi connectivity index (χ0v) is 15.0. The molecule has 1 atom stereocenters. The van der Waals surface area contributed by atoms with Crippen molar-refractivity contribution in [1.29, 1.82) is 5.26 Å². The van der Waals surface area contributed by atoms with E-state index in [1.54, 1.807) is 18.2 Å². The Morgan fingerprint density at radius 3 is 2.54 bits per heavy atom. The van der Waals surface area contributed by atoms with E-state index in [4.69, 9.17) is 16.9 Å². The molecule has 0 radical (unpaired) electrons. The fraction of sp³-hybridized carbons (Fsp3) is 0.235. The van der Waals surface area contributed by atoms with Crippen LogP contribution in [-0.2, 0) is 10.0 Å². The standard InChI is InChI=1S/C17H18ClN3O2S/c1-21(2)17(15-8-3-4-9-16(15)18)12-20-24(22,23)14-7-5-6-13(10-14)11-19/h3-10,17,20H,12H2,1-2H3. The number of benzene rings is 2. The molecule has 126 valence electrons. The van der Waals surface area contributed by atoms with Crippen LogP contribution in [0.5, 0.6) is 0 Å². The normalized spacial score (nSPS) is 12.8. The number of likely N-dealkylation sites (N-methyl/N-ethyl adjacent to an activating group) is 1. The van der Waals surface area contributed by atoms with E-state index in [-0.39, 0.29) is 17.5 Å². The van der Waals surface area contributed by atoms with Crippen molar-refractivity contribution < 1.29 is 8.42 Å². The number of hydrogen-bond donors (Lipinski definition) is 1. The van der Waals surface area contributed by atoms with E-state index in [2.05, 4.69) is 4.72 Å². The summed E-state index contributed by atoms with van der Waals surface area (Å²) < 4.78 is 27.5. The first-order valence-electron chi connectivity index (χ1n) is 7.26. The fourth-order valence-electron chi connectivity index (χ4n) is 2.32. The molecule has 24 heavy (non-hydrogen) atoms. The summed E-state index contributed by atoms with van der Waals surface area (Å²) in [7, 11) is 0.00627. The van der Waals surface area contributed by atoms with Crippen LogP contribution < -0.4 is 4.72 Å². The lowest BCUT2D eigenvalue weighted by Crippen LogP contribution is -2.34. The minimum Gasteiger partial charge on any atom is -0.301 e. The van der Waals surface area contributed by atoms with Crippen LogP contribution in [0, 0.1) is 11.3 Å². The smallest absolute Gasteiger partial charge is 0.240 e. The lowest BCUT2D eigenvalue weighted by atomic mass is 10.1. The van der Waals surface area contributed by atoms with Crippen molar-refractivity contribution in [1.82, 2.24) is 9.62 Å². The van der Waals surface area contributed by atoms with Gasteiger partial charge in [0, 0.05) is 17.6 Å². The van der Waals surface area contributed by atoms with Crippen LogP contribution in [0.4, 0.5) is 0 Å². The SMILES string of the molecule is CN(C)C(CNS(=O)(=O)c1cccc(C#N)c1)c1ccccc1Cl. The van der Waals surface area contributed by atoms with Gasteiger partial charge in [0.25, 0.3) is 0 Å². The van der Waals surface area contributed by atoms with Crippen molar-refractivity contribution in [2.75, 3.05) is 20.6 Å².